The van der Waals surface area contributed by atoms with Crippen molar-refractivity contribution in [2.75, 3.05) is 24.6 Å². The van der Waals surface area contributed by atoms with Crippen molar-refractivity contribution in [3.05, 3.63) is 50.6 Å². The second-order valence-corrected chi connectivity index (χ2v) is 7.64. The maximum absolute atomic E-state index is 12.3. The van der Waals surface area contributed by atoms with E-state index in [-0.39, 0.29) is 5.56 Å². The molecule has 3 aliphatic rings. The Balaban J connectivity index is 1.31. The molecule has 2 aromatic rings. The second kappa shape index (κ2) is 6.46. The molecular formula is C20H21N5O2. The van der Waals surface area contributed by atoms with Gasteiger partial charge in [0.05, 0.1) is 36.7 Å². The zero-order chi connectivity index (χ0) is 18.4. The van der Waals surface area contributed by atoms with E-state index in [0.29, 0.717) is 31.2 Å². The van der Waals surface area contributed by atoms with Crippen LogP contribution in [-0.4, -0.2) is 34.5 Å². The van der Waals surface area contributed by atoms with Crippen molar-refractivity contribution < 1.29 is 4.74 Å². The fourth-order valence-corrected chi connectivity index (χ4v) is 4.27. The van der Waals surface area contributed by atoms with Gasteiger partial charge in [0, 0.05) is 37.1 Å². The summed E-state index contributed by atoms with van der Waals surface area (Å²) in [5.74, 6) is 1.12. The summed E-state index contributed by atoms with van der Waals surface area (Å²) in [5.41, 5.74) is 4.86. The predicted molar refractivity (Wildman–Crippen MR) is 98.5 cm³/mol. The molecular weight excluding hydrogens is 342 g/mol. The summed E-state index contributed by atoms with van der Waals surface area (Å²) >= 11 is 0. The Bertz CT molecular complexity index is 1000. The van der Waals surface area contributed by atoms with E-state index < -0.39 is 0 Å². The molecule has 2 aromatic heterocycles. The van der Waals surface area contributed by atoms with Crippen molar-refractivity contribution >= 4 is 5.82 Å². The number of anilines is 1. The molecule has 0 atom stereocenters. The number of nitriles is 1. The largest absolute Gasteiger partial charge is 0.376 e. The molecule has 27 heavy (non-hydrogen) atoms. The first-order valence-electron chi connectivity index (χ1n) is 9.57. The number of rotatable bonds is 3. The fraction of sp³-hybridized carbons (Fsp3) is 0.500. The van der Waals surface area contributed by atoms with Crippen molar-refractivity contribution in [3.63, 3.8) is 0 Å². The van der Waals surface area contributed by atoms with Crippen LogP contribution in [0.1, 0.15) is 34.5 Å². The van der Waals surface area contributed by atoms with Gasteiger partial charge in [-0.2, -0.15) is 10.4 Å². The third-order valence-corrected chi connectivity index (χ3v) is 5.74. The van der Waals surface area contributed by atoms with Gasteiger partial charge in [-0.25, -0.2) is 9.67 Å². The normalized spacial score (nSPS) is 18.6. The number of aryl methyl sites for hydroxylation is 2. The van der Waals surface area contributed by atoms with Gasteiger partial charge in [-0.1, -0.05) is 0 Å². The SMILES string of the molecule is N#Cc1cc2c(nc1N1CC(Cn3nc4c(cc3=O)CCC4)C1)CCOC2. The first-order valence-corrected chi connectivity index (χ1v) is 9.57. The molecule has 0 saturated carbocycles. The van der Waals surface area contributed by atoms with Gasteiger partial charge in [0.1, 0.15) is 11.9 Å². The molecule has 0 bridgehead atoms. The highest BCUT2D eigenvalue weighted by atomic mass is 16.5. The third-order valence-electron chi connectivity index (χ3n) is 5.74. The Morgan fingerprint density at radius 2 is 2.07 bits per heavy atom. The molecule has 0 spiro atoms. The molecule has 4 heterocycles. The summed E-state index contributed by atoms with van der Waals surface area (Å²) in [6.45, 7) is 3.43. The van der Waals surface area contributed by atoms with E-state index in [9.17, 15) is 10.1 Å². The maximum Gasteiger partial charge on any atom is 0.267 e. The molecule has 7 nitrogen and oxygen atoms in total. The first kappa shape index (κ1) is 16.5. The summed E-state index contributed by atoms with van der Waals surface area (Å²) in [5, 5.41) is 14.1. The molecule has 5 rings (SSSR count). The van der Waals surface area contributed by atoms with E-state index in [1.807, 2.05) is 6.07 Å². The molecule has 0 N–H and O–H groups in total. The number of fused-ring (bicyclic) bond motifs is 2. The average molecular weight is 363 g/mol. The van der Waals surface area contributed by atoms with Crippen LogP contribution in [0.5, 0.6) is 0 Å². The van der Waals surface area contributed by atoms with Gasteiger partial charge < -0.3 is 9.64 Å². The van der Waals surface area contributed by atoms with Crippen molar-refractivity contribution in [2.24, 2.45) is 5.92 Å². The number of hydrogen-bond acceptors (Lipinski definition) is 6. The lowest BCUT2D eigenvalue weighted by Crippen LogP contribution is -2.50. The molecule has 0 aromatic carbocycles. The lowest BCUT2D eigenvalue weighted by Gasteiger charge is -2.41. The molecule has 1 saturated heterocycles. The molecule has 1 aliphatic carbocycles. The van der Waals surface area contributed by atoms with Crippen LogP contribution in [0.25, 0.3) is 0 Å². The smallest absolute Gasteiger partial charge is 0.267 e. The van der Waals surface area contributed by atoms with Crippen LogP contribution >= 0.6 is 0 Å². The van der Waals surface area contributed by atoms with E-state index >= 15 is 0 Å². The number of pyridine rings is 1. The van der Waals surface area contributed by atoms with Crippen LogP contribution in [0.4, 0.5) is 5.82 Å². The topological polar surface area (TPSA) is 84.0 Å². The van der Waals surface area contributed by atoms with Crippen LogP contribution < -0.4 is 10.5 Å². The van der Waals surface area contributed by atoms with Crippen LogP contribution in [0.15, 0.2) is 16.9 Å². The Morgan fingerprint density at radius 1 is 1.19 bits per heavy atom. The predicted octanol–water partition coefficient (Wildman–Crippen LogP) is 1.21. The van der Waals surface area contributed by atoms with Crippen molar-refractivity contribution in [3.8, 4) is 6.07 Å². The summed E-state index contributed by atoms with van der Waals surface area (Å²) in [7, 11) is 0. The van der Waals surface area contributed by atoms with Gasteiger partial charge in [-0.3, -0.25) is 4.79 Å². The lowest BCUT2D eigenvalue weighted by molar-refractivity contribution is 0.109. The highest BCUT2D eigenvalue weighted by Crippen LogP contribution is 2.30. The minimum absolute atomic E-state index is 0.00119. The summed E-state index contributed by atoms with van der Waals surface area (Å²) in [6, 6.07) is 5.94. The van der Waals surface area contributed by atoms with Gasteiger partial charge in [0.2, 0.25) is 0 Å². The minimum atomic E-state index is -0.00119. The zero-order valence-corrected chi connectivity index (χ0v) is 15.1. The Kier molecular flexibility index (Phi) is 3.94. The number of aromatic nitrogens is 3. The Morgan fingerprint density at radius 3 is 2.93 bits per heavy atom. The van der Waals surface area contributed by atoms with E-state index in [4.69, 9.17) is 9.72 Å². The van der Waals surface area contributed by atoms with Crippen molar-refractivity contribution in [1.82, 2.24) is 14.8 Å². The van der Waals surface area contributed by atoms with Crippen molar-refractivity contribution in [1.29, 1.82) is 5.26 Å². The molecule has 2 aliphatic heterocycles. The highest BCUT2D eigenvalue weighted by molar-refractivity contribution is 5.57. The monoisotopic (exact) mass is 363 g/mol. The van der Waals surface area contributed by atoms with Gasteiger partial charge in [-0.05, 0) is 30.9 Å². The Hall–Kier alpha value is -2.72. The maximum atomic E-state index is 12.3. The minimum Gasteiger partial charge on any atom is -0.376 e. The van der Waals surface area contributed by atoms with Crippen LogP contribution in [0.2, 0.25) is 0 Å². The second-order valence-electron chi connectivity index (χ2n) is 7.64. The van der Waals surface area contributed by atoms with Crippen molar-refractivity contribution in [2.45, 2.75) is 38.8 Å². The quantitative estimate of drug-likeness (QED) is 0.815. The summed E-state index contributed by atoms with van der Waals surface area (Å²) < 4.78 is 7.08. The third kappa shape index (κ3) is 2.90. The lowest BCUT2D eigenvalue weighted by atomic mass is 9.98. The number of nitrogens with zero attached hydrogens (tertiary/aromatic N) is 5. The van der Waals surface area contributed by atoms with E-state index in [2.05, 4.69) is 16.1 Å². The van der Waals surface area contributed by atoms with Gasteiger partial charge in [0.15, 0.2) is 0 Å². The van der Waals surface area contributed by atoms with Gasteiger partial charge in [0.25, 0.3) is 5.56 Å². The molecule has 7 heteroatoms. The van der Waals surface area contributed by atoms with Gasteiger partial charge >= 0.3 is 0 Å². The number of hydrogen-bond donors (Lipinski definition) is 0. The van der Waals surface area contributed by atoms with Crippen LogP contribution in [0, 0.1) is 17.2 Å². The van der Waals surface area contributed by atoms with Crippen LogP contribution in [0.3, 0.4) is 0 Å². The number of ether oxygens (including phenoxy) is 1. The molecule has 1 fully saturated rings. The highest BCUT2D eigenvalue weighted by Gasteiger charge is 2.31. The average Bonchev–Trinajstić information content (AvgIpc) is 3.10. The fourth-order valence-electron chi connectivity index (χ4n) is 4.27. The summed E-state index contributed by atoms with van der Waals surface area (Å²) in [6.07, 6.45) is 3.83. The Labute approximate surface area is 157 Å². The molecule has 0 unspecified atom stereocenters. The van der Waals surface area contributed by atoms with Gasteiger partial charge in [-0.15, -0.1) is 0 Å². The standard InChI is InChI=1S/C20H21N5O2/c21-8-15-6-16-12-27-5-4-17(16)22-20(15)24-9-13(10-24)11-25-19(26)7-14-2-1-3-18(14)23-25/h6-7,13H,1-5,9-12H2. The summed E-state index contributed by atoms with van der Waals surface area (Å²) in [4.78, 5) is 19.2. The first-order chi connectivity index (χ1) is 13.2. The molecule has 138 valence electrons. The molecule has 0 amide bonds. The molecule has 0 radical (unpaired) electrons. The van der Waals surface area contributed by atoms with Crippen LogP contribution in [-0.2, 0) is 37.2 Å². The van der Waals surface area contributed by atoms with E-state index in [0.717, 1.165) is 67.1 Å². The van der Waals surface area contributed by atoms with E-state index in [1.54, 1.807) is 10.7 Å². The van der Waals surface area contributed by atoms with E-state index in [1.165, 1.54) is 0 Å². The zero-order valence-electron chi connectivity index (χ0n) is 15.1.